The molecule has 1 heterocycles. The van der Waals surface area contributed by atoms with Crippen molar-refractivity contribution in [3.63, 3.8) is 0 Å². The van der Waals surface area contributed by atoms with E-state index >= 15 is 0 Å². The molecule has 0 radical (unpaired) electrons. The van der Waals surface area contributed by atoms with Gasteiger partial charge in [-0.3, -0.25) is 0 Å². The molecule has 1 atom stereocenters. The smallest absolute Gasteiger partial charge is 0.0547 e. The molecule has 0 aromatic heterocycles. The highest BCUT2D eigenvalue weighted by Gasteiger charge is 2.37. The van der Waals surface area contributed by atoms with Crippen LogP contribution in [0, 0.1) is 11.3 Å². The summed E-state index contributed by atoms with van der Waals surface area (Å²) in [5.74, 6) is 0.993. The number of ether oxygens (including phenoxy) is 1. The monoisotopic (exact) mass is 254 g/mol. The van der Waals surface area contributed by atoms with Crippen molar-refractivity contribution in [2.24, 2.45) is 11.3 Å². The summed E-state index contributed by atoms with van der Waals surface area (Å²) >= 11 is 0. The maximum atomic E-state index is 5.69. The van der Waals surface area contributed by atoms with Gasteiger partial charge in [-0.15, -0.1) is 0 Å². The van der Waals surface area contributed by atoms with Crippen LogP contribution in [0.2, 0.25) is 0 Å². The van der Waals surface area contributed by atoms with Gasteiger partial charge in [0, 0.05) is 31.7 Å². The van der Waals surface area contributed by atoms with Gasteiger partial charge in [0.1, 0.15) is 0 Å². The number of nitrogens with one attached hydrogen (secondary N) is 1. The van der Waals surface area contributed by atoms with E-state index in [9.17, 15) is 0 Å². The maximum absolute atomic E-state index is 5.69. The third-order valence-electron chi connectivity index (χ3n) is 4.33. The molecule has 1 unspecified atom stereocenters. The quantitative estimate of drug-likeness (QED) is 0.638. The minimum atomic E-state index is 0.375. The zero-order valence-electron chi connectivity index (χ0n) is 12.2. The number of hydrogen-bond acceptors (Lipinski definition) is 3. The molecule has 3 heteroatoms. The highest BCUT2D eigenvalue weighted by Crippen LogP contribution is 2.33. The van der Waals surface area contributed by atoms with E-state index < -0.39 is 0 Å². The Morgan fingerprint density at radius 1 is 1.33 bits per heavy atom. The van der Waals surface area contributed by atoms with Crippen molar-refractivity contribution >= 4 is 0 Å². The molecule has 0 amide bonds. The normalized spacial score (nSPS) is 28.2. The zero-order chi connectivity index (χ0) is 12.8. The fourth-order valence-corrected chi connectivity index (χ4v) is 2.95. The van der Waals surface area contributed by atoms with Crippen molar-refractivity contribution in [2.45, 2.75) is 39.5 Å². The van der Waals surface area contributed by atoms with Gasteiger partial charge in [-0.05, 0) is 44.7 Å². The van der Waals surface area contributed by atoms with Crippen LogP contribution < -0.4 is 5.32 Å². The summed E-state index contributed by atoms with van der Waals surface area (Å²) in [4.78, 5) is 2.65. The Hall–Kier alpha value is -0.120. The number of hydrogen-bond donors (Lipinski definition) is 1. The van der Waals surface area contributed by atoms with Crippen LogP contribution in [0.3, 0.4) is 0 Å². The molecular formula is C15H30N2O. The predicted octanol–water partition coefficient (Wildman–Crippen LogP) is 2.12. The third-order valence-corrected chi connectivity index (χ3v) is 4.33. The molecule has 2 fully saturated rings. The lowest BCUT2D eigenvalue weighted by atomic mass is 9.86. The largest absolute Gasteiger partial charge is 0.381 e. The molecule has 18 heavy (non-hydrogen) atoms. The Bertz CT molecular complexity index is 235. The van der Waals surface area contributed by atoms with Crippen molar-refractivity contribution in [3.05, 3.63) is 0 Å². The minimum absolute atomic E-state index is 0.375. The minimum Gasteiger partial charge on any atom is -0.381 e. The molecule has 1 saturated heterocycles. The Labute approximate surface area is 112 Å². The molecule has 106 valence electrons. The SMILES string of the molecule is CCCNCC1(CN(CC)CC2CC2)CCOC1. The fraction of sp³-hybridized carbons (Fsp3) is 1.00. The Balaban J connectivity index is 1.82. The van der Waals surface area contributed by atoms with Gasteiger partial charge in [0.25, 0.3) is 0 Å². The fourth-order valence-electron chi connectivity index (χ4n) is 2.95. The topological polar surface area (TPSA) is 24.5 Å². The van der Waals surface area contributed by atoms with E-state index in [4.69, 9.17) is 4.74 Å². The van der Waals surface area contributed by atoms with E-state index in [1.807, 2.05) is 0 Å². The van der Waals surface area contributed by atoms with Gasteiger partial charge in [0.15, 0.2) is 0 Å². The summed E-state index contributed by atoms with van der Waals surface area (Å²) < 4.78 is 5.69. The first-order chi connectivity index (χ1) is 8.78. The summed E-state index contributed by atoms with van der Waals surface area (Å²) in [6.07, 6.45) is 5.35. The molecule has 0 bridgehead atoms. The first kappa shape index (κ1) is 14.3. The highest BCUT2D eigenvalue weighted by molar-refractivity contribution is 4.89. The van der Waals surface area contributed by atoms with Crippen molar-refractivity contribution in [2.75, 3.05) is 45.9 Å². The Morgan fingerprint density at radius 2 is 2.17 bits per heavy atom. The van der Waals surface area contributed by atoms with Crippen LogP contribution in [-0.2, 0) is 4.74 Å². The molecule has 2 aliphatic rings. The van der Waals surface area contributed by atoms with Crippen molar-refractivity contribution in [1.29, 1.82) is 0 Å². The Kier molecular flexibility index (Phi) is 5.46. The van der Waals surface area contributed by atoms with E-state index in [0.717, 1.165) is 32.2 Å². The third kappa shape index (κ3) is 4.22. The van der Waals surface area contributed by atoms with Gasteiger partial charge in [0.2, 0.25) is 0 Å². The van der Waals surface area contributed by atoms with Crippen LogP contribution in [0.4, 0.5) is 0 Å². The molecule has 0 spiro atoms. The first-order valence-corrected chi connectivity index (χ1v) is 7.79. The second kappa shape index (κ2) is 6.88. The van der Waals surface area contributed by atoms with Gasteiger partial charge >= 0.3 is 0 Å². The highest BCUT2D eigenvalue weighted by atomic mass is 16.5. The molecule has 3 nitrogen and oxygen atoms in total. The molecule has 1 aliphatic carbocycles. The predicted molar refractivity (Wildman–Crippen MR) is 75.9 cm³/mol. The lowest BCUT2D eigenvalue weighted by molar-refractivity contribution is 0.108. The van der Waals surface area contributed by atoms with Crippen molar-refractivity contribution in [3.8, 4) is 0 Å². The molecule has 0 aromatic rings. The molecule has 2 rings (SSSR count). The average Bonchev–Trinajstić information content (AvgIpc) is 3.07. The van der Waals surface area contributed by atoms with Crippen molar-refractivity contribution in [1.82, 2.24) is 10.2 Å². The molecule has 1 N–H and O–H groups in total. The summed E-state index contributed by atoms with van der Waals surface area (Å²) in [6.45, 7) is 12.4. The van der Waals surface area contributed by atoms with Crippen molar-refractivity contribution < 1.29 is 4.74 Å². The van der Waals surface area contributed by atoms with E-state index in [2.05, 4.69) is 24.1 Å². The molecule has 1 aliphatic heterocycles. The first-order valence-electron chi connectivity index (χ1n) is 7.79. The summed E-state index contributed by atoms with van der Waals surface area (Å²) in [5, 5.41) is 3.61. The second-order valence-electron chi connectivity index (χ2n) is 6.25. The lowest BCUT2D eigenvalue weighted by Gasteiger charge is -2.34. The average molecular weight is 254 g/mol. The standard InChI is InChI=1S/C15H30N2O/c1-3-8-16-11-15(7-9-18-13-15)12-17(4-2)10-14-5-6-14/h14,16H,3-13H2,1-2H3. The van der Waals surface area contributed by atoms with Gasteiger partial charge < -0.3 is 15.0 Å². The number of rotatable bonds is 9. The summed E-state index contributed by atoms with van der Waals surface area (Å²) in [6, 6.07) is 0. The van der Waals surface area contributed by atoms with Crippen LogP contribution in [0.15, 0.2) is 0 Å². The van der Waals surface area contributed by atoms with E-state index in [1.165, 1.54) is 45.3 Å². The van der Waals surface area contributed by atoms with E-state index in [-0.39, 0.29) is 0 Å². The van der Waals surface area contributed by atoms with Crippen LogP contribution in [0.25, 0.3) is 0 Å². The zero-order valence-corrected chi connectivity index (χ0v) is 12.2. The summed E-state index contributed by atoms with van der Waals surface area (Å²) in [5.41, 5.74) is 0.375. The van der Waals surface area contributed by atoms with Crippen LogP contribution in [0.5, 0.6) is 0 Å². The van der Waals surface area contributed by atoms with Crippen LogP contribution in [-0.4, -0.2) is 50.8 Å². The van der Waals surface area contributed by atoms with E-state index in [0.29, 0.717) is 5.41 Å². The lowest BCUT2D eigenvalue weighted by Crippen LogP contribution is -2.45. The maximum Gasteiger partial charge on any atom is 0.0547 e. The molecular weight excluding hydrogens is 224 g/mol. The second-order valence-corrected chi connectivity index (χ2v) is 6.25. The van der Waals surface area contributed by atoms with Gasteiger partial charge in [-0.2, -0.15) is 0 Å². The molecule has 0 aromatic carbocycles. The molecule has 1 saturated carbocycles. The van der Waals surface area contributed by atoms with Gasteiger partial charge in [-0.25, -0.2) is 0 Å². The Morgan fingerprint density at radius 3 is 2.72 bits per heavy atom. The van der Waals surface area contributed by atoms with Crippen LogP contribution in [0.1, 0.15) is 39.5 Å². The number of nitrogens with zero attached hydrogens (tertiary/aromatic N) is 1. The van der Waals surface area contributed by atoms with Gasteiger partial charge in [0.05, 0.1) is 6.61 Å². The van der Waals surface area contributed by atoms with Gasteiger partial charge in [-0.1, -0.05) is 13.8 Å². The summed E-state index contributed by atoms with van der Waals surface area (Å²) in [7, 11) is 0. The van der Waals surface area contributed by atoms with E-state index in [1.54, 1.807) is 0 Å². The van der Waals surface area contributed by atoms with Crippen LogP contribution >= 0.6 is 0 Å².